The van der Waals surface area contributed by atoms with E-state index in [1.54, 1.807) is 0 Å². The highest BCUT2D eigenvalue weighted by atomic mass is 16.5. The number of ether oxygens (including phenoxy) is 1. The lowest BCUT2D eigenvalue weighted by Crippen LogP contribution is -2.50. The quantitative estimate of drug-likeness (QED) is 0.438. The maximum atomic E-state index is 12.3. The van der Waals surface area contributed by atoms with E-state index in [0.29, 0.717) is 39.1 Å². The number of amides is 2. The summed E-state index contributed by atoms with van der Waals surface area (Å²) in [5.41, 5.74) is 6.42. The van der Waals surface area contributed by atoms with Crippen molar-refractivity contribution in [3.8, 4) is 5.75 Å². The summed E-state index contributed by atoms with van der Waals surface area (Å²) in [6.07, 6.45) is 0.946. The van der Waals surface area contributed by atoms with Gasteiger partial charge in [-0.25, -0.2) is 4.68 Å². The second-order valence-electron chi connectivity index (χ2n) is 9.11. The van der Waals surface area contributed by atoms with Gasteiger partial charge in [0.1, 0.15) is 17.9 Å². The number of nitrogens with one attached hydrogen (secondary N) is 1. The molecular weight excluding hydrogens is 442 g/mol. The summed E-state index contributed by atoms with van der Waals surface area (Å²) in [5, 5.41) is 10.9. The first kappa shape index (κ1) is 21.5. The van der Waals surface area contributed by atoms with E-state index >= 15 is 0 Å². The molecule has 0 saturated carbocycles. The normalized spacial score (nSPS) is 18.0. The van der Waals surface area contributed by atoms with Gasteiger partial charge in [0, 0.05) is 25.1 Å². The van der Waals surface area contributed by atoms with Crippen LogP contribution in [0.5, 0.6) is 5.75 Å². The number of rotatable bonds is 6. The molecular formula is C27H25N5O3. The van der Waals surface area contributed by atoms with Crippen molar-refractivity contribution in [1.29, 1.82) is 0 Å². The predicted molar refractivity (Wildman–Crippen MR) is 129 cm³/mol. The maximum Gasteiger partial charge on any atom is 0.243 e. The Morgan fingerprint density at radius 3 is 2.63 bits per heavy atom. The van der Waals surface area contributed by atoms with Crippen LogP contribution in [0.4, 0.5) is 0 Å². The van der Waals surface area contributed by atoms with E-state index in [9.17, 15) is 9.59 Å². The third kappa shape index (κ3) is 4.28. The molecule has 1 N–H and O–H groups in total. The Hall–Kier alpha value is -4.04. The summed E-state index contributed by atoms with van der Waals surface area (Å²) >= 11 is 0. The fourth-order valence-electron chi connectivity index (χ4n) is 4.91. The molecule has 0 spiro atoms. The molecule has 2 aliphatic rings. The van der Waals surface area contributed by atoms with Gasteiger partial charge in [0.15, 0.2) is 0 Å². The van der Waals surface area contributed by atoms with Gasteiger partial charge in [-0.15, -0.1) is 5.10 Å². The number of nitrogens with zero attached hydrogens (tertiary/aromatic N) is 4. The van der Waals surface area contributed by atoms with Crippen molar-refractivity contribution < 1.29 is 14.3 Å². The summed E-state index contributed by atoms with van der Waals surface area (Å²) in [6.45, 7) is 2.44. The number of hydrogen-bond donors (Lipinski definition) is 1. The molecule has 2 aliphatic heterocycles. The molecule has 8 nitrogen and oxygen atoms in total. The summed E-state index contributed by atoms with van der Waals surface area (Å²) in [7, 11) is 0. The summed E-state index contributed by atoms with van der Waals surface area (Å²) in [5.74, 6) is 0.457. The Kier molecular flexibility index (Phi) is 5.50. The monoisotopic (exact) mass is 467 g/mol. The minimum atomic E-state index is -0.275. The molecule has 0 aliphatic carbocycles. The molecule has 2 amide bonds. The van der Waals surface area contributed by atoms with E-state index in [1.165, 1.54) is 5.56 Å². The zero-order chi connectivity index (χ0) is 23.8. The minimum Gasteiger partial charge on any atom is -0.489 e. The van der Waals surface area contributed by atoms with Crippen LogP contribution in [0, 0.1) is 0 Å². The average Bonchev–Trinajstić information content (AvgIpc) is 3.48. The first-order valence-corrected chi connectivity index (χ1v) is 11.8. The smallest absolute Gasteiger partial charge is 0.243 e. The largest absolute Gasteiger partial charge is 0.489 e. The number of carbonyl (C=O) groups excluding carboxylic acids is 2. The zero-order valence-corrected chi connectivity index (χ0v) is 19.2. The molecule has 4 aromatic rings. The topological polar surface area (TPSA) is 89.3 Å². The Morgan fingerprint density at radius 1 is 0.943 bits per heavy atom. The molecule has 8 heteroatoms. The lowest BCUT2D eigenvalue weighted by molar-refractivity contribution is -0.137. The van der Waals surface area contributed by atoms with Crippen molar-refractivity contribution in [2.75, 3.05) is 0 Å². The second-order valence-corrected chi connectivity index (χ2v) is 9.11. The molecule has 176 valence electrons. The number of para-hydroxylation sites is 1. The van der Waals surface area contributed by atoms with Crippen molar-refractivity contribution in [1.82, 2.24) is 25.2 Å². The molecule has 1 atom stereocenters. The van der Waals surface area contributed by atoms with Crippen LogP contribution >= 0.6 is 0 Å². The lowest BCUT2D eigenvalue weighted by Gasteiger charge is -2.29. The molecule has 1 aromatic heterocycles. The highest BCUT2D eigenvalue weighted by Crippen LogP contribution is 2.33. The summed E-state index contributed by atoms with van der Waals surface area (Å²) in [4.78, 5) is 25.9. The number of benzene rings is 3. The Labute approximate surface area is 202 Å². The van der Waals surface area contributed by atoms with Crippen molar-refractivity contribution in [2.24, 2.45) is 0 Å². The van der Waals surface area contributed by atoms with Crippen LogP contribution in [-0.2, 0) is 35.8 Å². The predicted octanol–water partition coefficient (Wildman–Crippen LogP) is 3.18. The van der Waals surface area contributed by atoms with Crippen LogP contribution < -0.4 is 10.1 Å². The standard InChI is InChI=1S/C27H25N5O3/c33-26-13-12-24(27(34)28-26)31-15-20-4-3-7-25(21(20)16-31)35-17-19-10-8-18(9-11-19)14-32-23-6-2-1-5-22(23)29-30-32/h1-11,24H,12-17H2,(H,28,33,34). The lowest BCUT2D eigenvalue weighted by atomic mass is 10.0. The molecule has 1 unspecified atom stereocenters. The number of aromatic nitrogens is 3. The van der Waals surface area contributed by atoms with Crippen molar-refractivity contribution >= 4 is 22.8 Å². The molecule has 3 aromatic carbocycles. The second kappa shape index (κ2) is 8.96. The van der Waals surface area contributed by atoms with Gasteiger partial charge >= 0.3 is 0 Å². The summed E-state index contributed by atoms with van der Waals surface area (Å²) in [6, 6.07) is 22.1. The molecule has 3 heterocycles. The van der Waals surface area contributed by atoms with Gasteiger partial charge in [-0.05, 0) is 41.3 Å². The zero-order valence-electron chi connectivity index (χ0n) is 19.2. The minimum absolute atomic E-state index is 0.187. The van der Waals surface area contributed by atoms with Gasteiger partial charge in [-0.1, -0.05) is 53.7 Å². The Bertz CT molecular complexity index is 1410. The molecule has 0 radical (unpaired) electrons. The van der Waals surface area contributed by atoms with Crippen LogP contribution in [0.3, 0.4) is 0 Å². The van der Waals surface area contributed by atoms with Gasteiger partial charge in [0.2, 0.25) is 11.8 Å². The first-order valence-electron chi connectivity index (χ1n) is 11.8. The Balaban J connectivity index is 1.10. The van der Waals surface area contributed by atoms with Crippen LogP contribution in [0.2, 0.25) is 0 Å². The number of piperidine rings is 1. The van der Waals surface area contributed by atoms with Crippen LogP contribution in [0.15, 0.2) is 66.7 Å². The third-order valence-corrected chi connectivity index (χ3v) is 6.79. The fourth-order valence-corrected chi connectivity index (χ4v) is 4.91. The summed E-state index contributed by atoms with van der Waals surface area (Å²) < 4.78 is 8.11. The molecule has 35 heavy (non-hydrogen) atoms. The van der Waals surface area contributed by atoms with Gasteiger partial charge < -0.3 is 4.74 Å². The van der Waals surface area contributed by atoms with E-state index in [1.807, 2.05) is 41.1 Å². The van der Waals surface area contributed by atoms with Gasteiger partial charge in [-0.3, -0.25) is 19.8 Å². The third-order valence-electron chi connectivity index (χ3n) is 6.79. The number of carbonyl (C=O) groups is 2. The highest BCUT2D eigenvalue weighted by molar-refractivity contribution is 6.00. The molecule has 1 fully saturated rings. The van der Waals surface area contributed by atoms with Gasteiger partial charge in [0.25, 0.3) is 0 Å². The van der Waals surface area contributed by atoms with E-state index in [4.69, 9.17) is 4.74 Å². The van der Waals surface area contributed by atoms with E-state index in [-0.39, 0.29) is 17.9 Å². The van der Waals surface area contributed by atoms with Crippen molar-refractivity contribution in [3.05, 3.63) is 89.0 Å². The van der Waals surface area contributed by atoms with Crippen molar-refractivity contribution in [3.63, 3.8) is 0 Å². The van der Waals surface area contributed by atoms with Crippen LogP contribution in [-0.4, -0.2) is 37.7 Å². The highest BCUT2D eigenvalue weighted by Gasteiger charge is 2.35. The SMILES string of the molecule is O=C1CCC(N2Cc3cccc(OCc4ccc(Cn5nnc6ccccc65)cc4)c3C2)C(=O)N1. The number of imide groups is 1. The fraction of sp³-hybridized carbons (Fsp3) is 0.259. The Morgan fingerprint density at radius 2 is 1.77 bits per heavy atom. The van der Waals surface area contributed by atoms with Crippen molar-refractivity contribution in [2.45, 2.75) is 45.1 Å². The van der Waals surface area contributed by atoms with Crippen LogP contribution in [0.1, 0.15) is 35.1 Å². The van der Waals surface area contributed by atoms with Gasteiger partial charge in [-0.2, -0.15) is 0 Å². The molecule has 6 rings (SSSR count). The van der Waals surface area contributed by atoms with E-state index in [0.717, 1.165) is 33.5 Å². The maximum absolute atomic E-state index is 12.3. The average molecular weight is 468 g/mol. The number of hydrogen-bond acceptors (Lipinski definition) is 6. The van der Waals surface area contributed by atoms with E-state index in [2.05, 4.69) is 50.9 Å². The molecule has 1 saturated heterocycles. The van der Waals surface area contributed by atoms with Gasteiger partial charge in [0.05, 0.1) is 18.1 Å². The molecule has 0 bridgehead atoms. The van der Waals surface area contributed by atoms with Crippen LogP contribution in [0.25, 0.3) is 11.0 Å². The first-order chi connectivity index (χ1) is 17.1. The van der Waals surface area contributed by atoms with E-state index < -0.39 is 0 Å². The number of fused-ring (bicyclic) bond motifs is 2.